The van der Waals surface area contributed by atoms with E-state index in [1.165, 1.54) is 12.1 Å². The molecule has 2 unspecified atom stereocenters. The first-order valence-corrected chi connectivity index (χ1v) is 26.7. The van der Waals surface area contributed by atoms with Crippen molar-refractivity contribution in [3.05, 3.63) is 96.1 Å². The molecule has 2 atom stereocenters. The van der Waals surface area contributed by atoms with Gasteiger partial charge in [-0.15, -0.1) is 0 Å². The molecule has 2 aliphatic carbocycles. The number of allylic oxidation sites excluding steroid dienone is 8. The Bertz CT molecular complexity index is 1610. The van der Waals surface area contributed by atoms with Crippen LogP contribution in [0.25, 0.3) is 0 Å². The molecule has 0 amide bonds. The van der Waals surface area contributed by atoms with Gasteiger partial charge in [-0.1, -0.05) is 0 Å². The van der Waals surface area contributed by atoms with Crippen molar-refractivity contribution in [3.8, 4) is 0 Å². The van der Waals surface area contributed by atoms with Crippen molar-refractivity contribution in [2.45, 2.75) is 155 Å². The molecule has 2 aromatic carbocycles. The average molecular weight is 855 g/mol. The number of unbranched alkanes of at least 4 members (excludes halogenated alkanes) is 2. The van der Waals surface area contributed by atoms with Crippen molar-refractivity contribution in [1.82, 2.24) is 0 Å². The minimum absolute atomic E-state index is 0.0942. The first-order valence-electron chi connectivity index (χ1n) is 23.3. The molecule has 7 heteroatoms. The fraction of sp³-hybridized carbons (Fsp3) is 0.615. The molecular weight excluding hydrogens is 776 g/mol. The predicted octanol–water partition coefficient (Wildman–Crippen LogP) is 14.9. The van der Waals surface area contributed by atoms with E-state index in [1.807, 2.05) is 48.6 Å². The van der Waals surface area contributed by atoms with Crippen molar-refractivity contribution >= 4 is 19.1 Å². The molecule has 0 aromatic heterocycles. The van der Waals surface area contributed by atoms with Gasteiger partial charge in [0.25, 0.3) is 0 Å². The Morgan fingerprint density at radius 2 is 0.898 bits per heavy atom. The summed E-state index contributed by atoms with van der Waals surface area (Å²) in [5, 5.41) is 0. The summed E-state index contributed by atoms with van der Waals surface area (Å²) in [6, 6.07) is 5.94. The zero-order valence-corrected chi connectivity index (χ0v) is 40.0. The maximum atomic E-state index is 18.3. The number of hydrogen-bond donors (Lipinski definition) is 0. The summed E-state index contributed by atoms with van der Waals surface area (Å²) in [6.07, 6.45) is 27.7. The van der Waals surface area contributed by atoms with Crippen LogP contribution in [0, 0.1) is 45.9 Å². The van der Waals surface area contributed by atoms with Crippen LogP contribution in [0.5, 0.6) is 0 Å². The molecule has 0 bridgehead atoms. The van der Waals surface area contributed by atoms with E-state index in [1.54, 1.807) is 12.1 Å². The molecule has 0 N–H and O–H groups in total. The zero-order chi connectivity index (χ0) is 43.4. The molecule has 328 valence electrons. The minimum atomic E-state index is -5.02. The fourth-order valence-corrected chi connectivity index (χ4v) is 18.2. The summed E-state index contributed by atoms with van der Waals surface area (Å²) in [7, 11) is 0. The van der Waals surface area contributed by atoms with Gasteiger partial charge in [0.05, 0.1) is 0 Å². The molecule has 0 spiro atoms. The molecule has 2 aromatic rings. The molecule has 59 heavy (non-hydrogen) atoms. The van der Waals surface area contributed by atoms with Crippen LogP contribution in [0.15, 0.2) is 72.9 Å². The predicted molar refractivity (Wildman–Crippen MR) is 244 cm³/mol. The molecule has 0 saturated carbocycles. The topological polar surface area (TPSA) is 6.48 Å². The second-order valence-electron chi connectivity index (χ2n) is 19.3. The normalized spacial score (nSPS) is 15.8. The quantitative estimate of drug-likeness (QED) is 0.0687. The van der Waals surface area contributed by atoms with E-state index in [-0.39, 0.29) is 18.6 Å². The summed E-state index contributed by atoms with van der Waals surface area (Å²) in [5.74, 6) is -1.75. The van der Waals surface area contributed by atoms with Crippen LogP contribution in [-0.2, 0) is 16.6 Å². The van der Waals surface area contributed by atoms with Crippen LogP contribution in [0.1, 0.15) is 146 Å². The third-order valence-electron chi connectivity index (χ3n) is 14.1. The van der Waals surface area contributed by atoms with Gasteiger partial charge in [0.2, 0.25) is 0 Å². The van der Waals surface area contributed by atoms with Crippen molar-refractivity contribution in [2.24, 2.45) is 22.7 Å². The Labute approximate surface area is 361 Å². The summed E-state index contributed by atoms with van der Waals surface area (Å²) in [4.78, 5) is 4.23. The first-order chi connectivity index (χ1) is 28.1. The van der Waals surface area contributed by atoms with Crippen LogP contribution in [-0.4, -0.2) is 26.2 Å². The number of benzene rings is 2. The standard InChI is InChI=1S/2C21H34F2N.2C5H5.Ti/c2*1-6-9-10-17(7-2)13-14-24(16-21(4,5)8-3)20-12-11-18(22)15-19(20)23;2*1-2-4-5-3-1;/h2*11-12,17H,6-10,13-14,16H2,1-5H3;2*1-5H;. The molecular formula is C52H78F4N2Ti. The molecule has 0 radical (unpaired) electrons. The van der Waals surface area contributed by atoms with Gasteiger partial charge in [0, 0.05) is 0 Å². The average Bonchev–Trinajstić information content (AvgIpc) is 3.96. The second kappa shape index (κ2) is 22.5. The number of anilines is 2. The molecule has 0 heterocycles. The molecule has 0 saturated heterocycles. The Hall–Kier alpha value is -2.57. The van der Waals surface area contributed by atoms with Gasteiger partial charge < -0.3 is 0 Å². The van der Waals surface area contributed by atoms with Crippen LogP contribution in [0.3, 0.4) is 0 Å². The van der Waals surface area contributed by atoms with Gasteiger partial charge >= 0.3 is 363 Å². The van der Waals surface area contributed by atoms with Gasteiger partial charge in [-0.3, -0.25) is 0 Å². The van der Waals surface area contributed by atoms with Gasteiger partial charge in [0.1, 0.15) is 0 Å². The maximum absolute atomic E-state index is 18.3. The third-order valence-corrected chi connectivity index (χ3v) is 22.6. The van der Waals surface area contributed by atoms with Crippen molar-refractivity contribution in [1.29, 1.82) is 0 Å². The van der Waals surface area contributed by atoms with E-state index in [0.717, 1.165) is 77.0 Å². The molecule has 0 aliphatic heterocycles. The van der Waals surface area contributed by atoms with Gasteiger partial charge in [-0.25, -0.2) is 0 Å². The Morgan fingerprint density at radius 3 is 1.20 bits per heavy atom. The van der Waals surface area contributed by atoms with E-state index in [0.29, 0.717) is 49.4 Å². The first kappa shape index (κ1) is 49.1. The van der Waals surface area contributed by atoms with Crippen molar-refractivity contribution in [3.63, 3.8) is 0 Å². The van der Waals surface area contributed by atoms with Crippen LogP contribution >= 0.6 is 0 Å². The number of hydrogen-bond acceptors (Lipinski definition) is 2. The molecule has 4 rings (SSSR count). The Morgan fingerprint density at radius 1 is 0.542 bits per heavy atom. The monoisotopic (exact) mass is 855 g/mol. The van der Waals surface area contributed by atoms with E-state index in [2.05, 4.69) is 79.0 Å². The van der Waals surface area contributed by atoms with Crippen molar-refractivity contribution < 1.29 is 34.2 Å². The second-order valence-corrected chi connectivity index (χ2v) is 25.6. The van der Waals surface area contributed by atoms with E-state index in [4.69, 9.17) is 0 Å². The van der Waals surface area contributed by atoms with Crippen LogP contribution in [0.2, 0.25) is 8.45 Å². The third kappa shape index (κ3) is 11.9. The Balaban J connectivity index is 2.03. The van der Waals surface area contributed by atoms with Gasteiger partial charge in [-0.2, -0.15) is 0 Å². The van der Waals surface area contributed by atoms with E-state index >= 15 is 17.6 Å². The summed E-state index contributed by atoms with van der Waals surface area (Å²) < 4.78 is 69.9. The van der Waals surface area contributed by atoms with Gasteiger partial charge in [-0.05, 0) is 0 Å². The summed E-state index contributed by atoms with van der Waals surface area (Å²) >= 11 is -5.02. The van der Waals surface area contributed by atoms with E-state index < -0.39 is 48.3 Å². The summed E-state index contributed by atoms with van der Waals surface area (Å²) in [5.41, 5.74) is 0.379. The number of halogens is 4. The molecule has 2 aliphatic rings. The van der Waals surface area contributed by atoms with E-state index in [9.17, 15) is 0 Å². The van der Waals surface area contributed by atoms with Gasteiger partial charge in [0.15, 0.2) is 0 Å². The number of rotatable bonds is 26. The van der Waals surface area contributed by atoms with Crippen LogP contribution in [0.4, 0.5) is 28.9 Å². The van der Waals surface area contributed by atoms with Crippen LogP contribution < -0.4 is 17.5 Å². The fourth-order valence-electron chi connectivity index (χ4n) is 9.41. The number of nitrogens with zero attached hydrogens (tertiary/aromatic N) is 2. The summed E-state index contributed by atoms with van der Waals surface area (Å²) in [6.45, 7) is 24.3. The SMILES string of the molecule is CCCCC(CC)CCN(CC(C)(C)CC)c1ccc(F)[c]([Ti]([c]2c(F)ccc(N(CCC(CC)CCCC)CC(C)(C)CC)c2F)([CH]2C=CC=C2)[CH]2C=CC=C2)c1F. The molecule has 2 nitrogen and oxygen atoms in total. The zero-order valence-electron chi connectivity index (χ0n) is 38.5. The Kier molecular flexibility index (Phi) is 18.7. The molecule has 0 fully saturated rings. The van der Waals surface area contributed by atoms with Crippen molar-refractivity contribution in [2.75, 3.05) is 36.0 Å².